The lowest BCUT2D eigenvalue weighted by molar-refractivity contribution is 0.215. The van der Waals surface area contributed by atoms with Crippen molar-refractivity contribution in [3.8, 4) is 11.3 Å². The van der Waals surface area contributed by atoms with Gasteiger partial charge in [-0.25, -0.2) is 4.98 Å². The lowest BCUT2D eigenvalue weighted by atomic mass is 9.70. The van der Waals surface area contributed by atoms with Crippen LogP contribution in [0.15, 0.2) is 65.7 Å². The normalized spacial score (nSPS) is 23.8. The Labute approximate surface area is 164 Å². The van der Waals surface area contributed by atoms with Gasteiger partial charge >= 0.3 is 0 Å². The molecule has 5 heteroatoms. The highest BCUT2D eigenvalue weighted by molar-refractivity contribution is 5.60. The Bertz CT molecular complexity index is 1030. The Morgan fingerprint density at radius 2 is 1.82 bits per heavy atom. The second-order valence-corrected chi connectivity index (χ2v) is 7.99. The summed E-state index contributed by atoms with van der Waals surface area (Å²) in [5.74, 6) is 1.93. The third kappa shape index (κ3) is 2.91. The van der Waals surface area contributed by atoms with Gasteiger partial charge < -0.3 is 4.90 Å². The van der Waals surface area contributed by atoms with Crippen LogP contribution in [0, 0.1) is 5.92 Å². The molecule has 4 heterocycles. The zero-order chi connectivity index (χ0) is 19.1. The topological polar surface area (TPSA) is 51.0 Å². The lowest BCUT2D eigenvalue weighted by Gasteiger charge is -2.50. The van der Waals surface area contributed by atoms with Crippen LogP contribution in [-0.4, -0.2) is 27.1 Å². The van der Waals surface area contributed by atoms with E-state index in [1.165, 1.54) is 18.4 Å². The van der Waals surface area contributed by atoms with Crippen molar-refractivity contribution in [1.29, 1.82) is 0 Å². The molecule has 3 aromatic rings. The van der Waals surface area contributed by atoms with Crippen molar-refractivity contribution in [3.05, 3.63) is 76.8 Å². The van der Waals surface area contributed by atoms with E-state index >= 15 is 0 Å². The molecular formula is C23H24N4O. The van der Waals surface area contributed by atoms with Crippen LogP contribution in [0.2, 0.25) is 0 Å². The first-order chi connectivity index (χ1) is 13.7. The van der Waals surface area contributed by atoms with Gasteiger partial charge in [0.2, 0.25) is 5.95 Å². The van der Waals surface area contributed by atoms with Crippen molar-refractivity contribution < 1.29 is 0 Å². The molecule has 2 aliphatic heterocycles. The number of pyridine rings is 1. The van der Waals surface area contributed by atoms with Crippen LogP contribution >= 0.6 is 0 Å². The number of hydrogen-bond donors (Lipinski definition) is 0. The summed E-state index contributed by atoms with van der Waals surface area (Å²) >= 11 is 0. The molecule has 3 atom stereocenters. The van der Waals surface area contributed by atoms with Gasteiger partial charge in [0.25, 0.3) is 5.56 Å². The predicted octanol–water partition coefficient (Wildman–Crippen LogP) is 3.61. The van der Waals surface area contributed by atoms with Crippen molar-refractivity contribution >= 4 is 5.95 Å². The van der Waals surface area contributed by atoms with Crippen molar-refractivity contribution in [1.82, 2.24) is 14.5 Å². The van der Waals surface area contributed by atoms with Gasteiger partial charge in [-0.15, -0.1) is 0 Å². The third-order valence-electron chi connectivity index (χ3n) is 6.35. The van der Waals surface area contributed by atoms with Gasteiger partial charge in [-0.1, -0.05) is 30.3 Å². The maximum Gasteiger partial charge on any atom is 0.255 e. The molecule has 2 bridgehead atoms. The van der Waals surface area contributed by atoms with Crippen molar-refractivity contribution in [3.63, 3.8) is 0 Å². The number of nitrogens with zero attached hydrogens (tertiary/aromatic N) is 4. The van der Waals surface area contributed by atoms with Crippen LogP contribution in [0.5, 0.6) is 0 Å². The minimum atomic E-state index is -0.0190. The molecule has 2 unspecified atom stereocenters. The van der Waals surface area contributed by atoms with Crippen LogP contribution in [0.25, 0.3) is 11.3 Å². The smallest absolute Gasteiger partial charge is 0.255 e. The molecular weight excluding hydrogens is 348 g/mol. The summed E-state index contributed by atoms with van der Waals surface area (Å²) in [6.07, 6.45) is 7.12. The molecule has 0 radical (unpaired) electrons. The number of benzene rings is 1. The van der Waals surface area contributed by atoms with E-state index in [0.29, 0.717) is 17.9 Å². The summed E-state index contributed by atoms with van der Waals surface area (Å²) in [5, 5.41) is 0. The van der Waals surface area contributed by atoms with Gasteiger partial charge in [0.05, 0.1) is 5.69 Å². The molecule has 6 rings (SSSR count). The van der Waals surface area contributed by atoms with E-state index in [2.05, 4.69) is 40.2 Å². The summed E-state index contributed by atoms with van der Waals surface area (Å²) in [4.78, 5) is 24.1. The Morgan fingerprint density at radius 1 is 1.04 bits per heavy atom. The van der Waals surface area contributed by atoms with Crippen LogP contribution in [0.3, 0.4) is 0 Å². The van der Waals surface area contributed by atoms with Crippen LogP contribution in [-0.2, 0) is 7.05 Å². The second kappa shape index (κ2) is 6.89. The highest BCUT2D eigenvalue weighted by atomic mass is 16.1. The maximum absolute atomic E-state index is 12.7. The number of fused-ring (bicyclic) bond motifs is 3. The lowest BCUT2D eigenvalue weighted by Crippen LogP contribution is -2.53. The van der Waals surface area contributed by atoms with E-state index < -0.39 is 0 Å². The molecule has 3 fully saturated rings. The maximum atomic E-state index is 12.7. The fourth-order valence-corrected chi connectivity index (χ4v) is 4.94. The molecule has 28 heavy (non-hydrogen) atoms. The largest absolute Gasteiger partial charge is 0.338 e. The van der Waals surface area contributed by atoms with Crippen molar-refractivity contribution in [2.45, 2.75) is 31.2 Å². The minimum absolute atomic E-state index is 0.0190. The van der Waals surface area contributed by atoms with E-state index in [1.807, 2.05) is 19.2 Å². The molecule has 1 aromatic carbocycles. The van der Waals surface area contributed by atoms with Crippen LogP contribution in [0.4, 0.5) is 5.95 Å². The number of piperidine rings is 2. The predicted molar refractivity (Wildman–Crippen MR) is 110 cm³/mol. The number of anilines is 1. The van der Waals surface area contributed by atoms with Crippen molar-refractivity contribution in [2.75, 3.05) is 11.4 Å². The number of aromatic nitrogens is 3. The Balaban J connectivity index is 1.57. The highest BCUT2D eigenvalue weighted by Crippen LogP contribution is 2.45. The Morgan fingerprint density at radius 3 is 2.57 bits per heavy atom. The van der Waals surface area contributed by atoms with Crippen molar-refractivity contribution in [2.24, 2.45) is 13.0 Å². The molecule has 5 nitrogen and oxygen atoms in total. The van der Waals surface area contributed by atoms with Crippen LogP contribution < -0.4 is 10.5 Å². The monoisotopic (exact) mass is 372 g/mol. The zero-order valence-corrected chi connectivity index (χ0v) is 16.0. The Kier molecular flexibility index (Phi) is 4.23. The summed E-state index contributed by atoms with van der Waals surface area (Å²) in [6.45, 7) is 0.980. The van der Waals surface area contributed by atoms with Gasteiger partial charge in [-0.2, -0.15) is 0 Å². The standard InChI is InChI=1S/C23H24N4O/c1-26-22(28)14-20(18-9-11-24-12-10-18)25-23(26)27-15-16-7-8-21(27)19(13-16)17-5-3-2-4-6-17/h2-6,9-12,14,16,19,21H,7-8,13,15H2,1H3/t16?,19-,21?/m1/s1. The summed E-state index contributed by atoms with van der Waals surface area (Å²) < 4.78 is 1.70. The third-order valence-corrected chi connectivity index (χ3v) is 6.35. The first kappa shape index (κ1) is 17.2. The average Bonchev–Trinajstić information content (AvgIpc) is 2.77. The molecule has 1 aliphatic carbocycles. The summed E-state index contributed by atoms with van der Waals surface area (Å²) in [7, 11) is 1.83. The van der Waals surface area contributed by atoms with E-state index in [0.717, 1.165) is 30.2 Å². The molecule has 3 aliphatic rings. The fraction of sp³-hybridized carbons (Fsp3) is 0.348. The Hall–Kier alpha value is -2.95. The fourth-order valence-electron chi connectivity index (χ4n) is 4.94. The quantitative estimate of drug-likeness (QED) is 0.705. The molecule has 142 valence electrons. The van der Waals surface area contributed by atoms with Gasteiger partial charge in [0.1, 0.15) is 0 Å². The molecule has 1 saturated carbocycles. The van der Waals surface area contributed by atoms with Gasteiger partial charge in [-0.3, -0.25) is 14.3 Å². The molecule has 0 amide bonds. The van der Waals surface area contributed by atoms with Gasteiger partial charge in [-0.05, 0) is 42.9 Å². The summed E-state index contributed by atoms with van der Waals surface area (Å²) in [6, 6.07) is 16.6. The highest BCUT2D eigenvalue weighted by Gasteiger charge is 2.42. The van der Waals surface area contributed by atoms with Gasteiger partial charge in [0.15, 0.2) is 0 Å². The van der Waals surface area contributed by atoms with E-state index in [-0.39, 0.29) is 5.56 Å². The molecule has 0 spiro atoms. The molecule has 2 saturated heterocycles. The summed E-state index contributed by atoms with van der Waals surface area (Å²) in [5.41, 5.74) is 3.03. The first-order valence-corrected chi connectivity index (χ1v) is 10.0. The van der Waals surface area contributed by atoms with E-state index in [4.69, 9.17) is 4.98 Å². The van der Waals surface area contributed by atoms with E-state index in [1.54, 1.807) is 23.0 Å². The van der Waals surface area contributed by atoms with E-state index in [9.17, 15) is 4.79 Å². The minimum Gasteiger partial charge on any atom is -0.338 e. The average molecular weight is 372 g/mol. The second-order valence-electron chi connectivity index (χ2n) is 7.99. The molecule has 2 aromatic heterocycles. The first-order valence-electron chi connectivity index (χ1n) is 10.0. The van der Waals surface area contributed by atoms with Gasteiger partial charge in [0, 0.05) is 49.6 Å². The van der Waals surface area contributed by atoms with Crippen LogP contribution in [0.1, 0.15) is 30.7 Å². The molecule has 0 N–H and O–H groups in total. The zero-order valence-electron chi connectivity index (χ0n) is 16.0. The number of hydrogen-bond acceptors (Lipinski definition) is 4. The number of rotatable bonds is 3. The SMILES string of the molecule is Cn1c(N2CC3CCC2[C@@H](c2ccccc2)C3)nc(-c2ccncc2)cc1=O.